The van der Waals surface area contributed by atoms with Gasteiger partial charge in [0.05, 0.1) is 5.60 Å². The van der Waals surface area contributed by atoms with Crippen LogP contribution in [0.25, 0.3) is 0 Å². The summed E-state index contributed by atoms with van der Waals surface area (Å²) in [4.78, 5) is 12.0. The van der Waals surface area contributed by atoms with Crippen LogP contribution >= 0.6 is 11.8 Å². The van der Waals surface area contributed by atoms with Crippen molar-refractivity contribution < 1.29 is 9.90 Å². The largest absolute Gasteiger partial charge is 0.388 e. The first-order valence-electron chi connectivity index (χ1n) is 7.11. The maximum atomic E-state index is 12.0. The van der Waals surface area contributed by atoms with Crippen LogP contribution in [0, 0.1) is 5.92 Å². The molecule has 0 radical (unpaired) electrons. The first-order valence-corrected chi connectivity index (χ1v) is 8.27. The zero-order valence-electron chi connectivity index (χ0n) is 12.1. The van der Waals surface area contributed by atoms with Crippen LogP contribution in [0.3, 0.4) is 0 Å². The molecule has 20 heavy (non-hydrogen) atoms. The van der Waals surface area contributed by atoms with Crippen LogP contribution in [0.5, 0.6) is 0 Å². The molecule has 3 N–H and O–H groups in total. The van der Waals surface area contributed by atoms with Crippen LogP contribution in [-0.4, -0.2) is 44.9 Å². The molecule has 0 unspecified atom stereocenters. The van der Waals surface area contributed by atoms with Crippen molar-refractivity contribution in [3.05, 3.63) is 17.5 Å². The Morgan fingerprint density at radius 1 is 1.55 bits per heavy atom. The predicted octanol–water partition coefficient (Wildman–Crippen LogP) is 1.60. The van der Waals surface area contributed by atoms with Crippen LogP contribution in [-0.2, 0) is 6.42 Å². The molecular weight excluding hydrogens is 274 g/mol. The first-order chi connectivity index (χ1) is 9.48. The molecule has 2 rings (SSSR count). The number of nitrogens with zero attached hydrogens (tertiary/aromatic N) is 1. The highest BCUT2D eigenvalue weighted by atomic mass is 32.2. The number of hydrogen-bond acceptors (Lipinski definition) is 4. The van der Waals surface area contributed by atoms with Gasteiger partial charge in [-0.15, -0.1) is 0 Å². The Labute approximate surface area is 123 Å². The van der Waals surface area contributed by atoms with Crippen LogP contribution in [0.4, 0.5) is 0 Å². The smallest absolute Gasteiger partial charge is 0.271 e. The molecule has 2 heterocycles. The van der Waals surface area contributed by atoms with E-state index in [-0.39, 0.29) is 5.91 Å². The highest BCUT2D eigenvalue weighted by Crippen LogP contribution is 2.26. The van der Waals surface area contributed by atoms with E-state index in [0.717, 1.165) is 36.5 Å². The average molecular weight is 297 g/mol. The summed E-state index contributed by atoms with van der Waals surface area (Å²) >= 11 is 1.85. The lowest BCUT2D eigenvalue weighted by molar-refractivity contribution is 0.0310. The van der Waals surface area contributed by atoms with Crippen molar-refractivity contribution in [2.45, 2.75) is 38.7 Å². The Bertz CT molecular complexity index is 453. The van der Waals surface area contributed by atoms with E-state index in [1.54, 1.807) is 6.07 Å². The van der Waals surface area contributed by atoms with Crippen molar-refractivity contribution in [3.8, 4) is 0 Å². The molecule has 1 amide bonds. The molecule has 0 saturated carbocycles. The number of aliphatic hydroxyl groups is 1. The van der Waals surface area contributed by atoms with Crippen molar-refractivity contribution in [1.29, 1.82) is 0 Å². The Kier molecular flexibility index (Phi) is 5.10. The van der Waals surface area contributed by atoms with Gasteiger partial charge >= 0.3 is 0 Å². The van der Waals surface area contributed by atoms with Crippen LogP contribution in [0.2, 0.25) is 0 Å². The van der Waals surface area contributed by atoms with Gasteiger partial charge in [0.15, 0.2) is 0 Å². The Morgan fingerprint density at radius 2 is 2.25 bits per heavy atom. The lowest BCUT2D eigenvalue weighted by atomic mass is 9.97. The summed E-state index contributed by atoms with van der Waals surface area (Å²) in [6.45, 7) is 4.55. The van der Waals surface area contributed by atoms with Gasteiger partial charge < -0.3 is 10.4 Å². The summed E-state index contributed by atoms with van der Waals surface area (Å²) in [5.41, 5.74) is 0.616. The van der Waals surface area contributed by atoms with Gasteiger partial charge in [0.25, 0.3) is 5.91 Å². The van der Waals surface area contributed by atoms with Crippen molar-refractivity contribution >= 4 is 17.7 Å². The minimum Gasteiger partial charge on any atom is -0.388 e. The number of H-pyrrole nitrogens is 1. The third-order valence-corrected chi connectivity index (χ3v) is 4.48. The number of carbonyl (C=O) groups is 1. The van der Waals surface area contributed by atoms with Gasteiger partial charge in [-0.3, -0.25) is 9.89 Å². The molecule has 5 nitrogen and oxygen atoms in total. The second-order valence-electron chi connectivity index (χ2n) is 5.90. The van der Waals surface area contributed by atoms with Gasteiger partial charge in [-0.25, -0.2) is 0 Å². The zero-order chi connectivity index (χ0) is 14.6. The number of nitrogens with one attached hydrogen (secondary N) is 2. The number of amides is 1. The molecule has 1 fully saturated rings. The maximum Gasteiger partial charge on any atom is 0.271 e. The van der Waals surface area contributed by atoms with Gasteiger partial charge in [0.2, 0.25) is 0 Å². The fraction of sp³-hybridized carbons (Fsp3) is 0.714. The molecule has 1 saturated heterocycles. The van der Waals surface area contributed by atoms with Crippen molar-refractivity contribution in [3.63, 3.8) is 0 Å². The normalized spacial score (nSPS) is 18.2. The molecule has 0 bridgehead atoms. The zero-order valence-corrected chi connectivity index (χ0v) is 12.9. The first kappa shape index (κ1) is 15.4. The van der Waals surface area contributed by atoms with E-state index < -0.39 is 5.60 Å². The summed E-state index contributed by atoms with van der Waals surface area (Å²) in [5, 5.41) is 20.1. The number of hydrogen-bond donors (Lipinski definition) is 3. The molecule has 0 spiro atoms. The standard InChI is InChI=1S/C14H23N3O2S/c1-10(2)7-11-8-12(17-16-11)13(18)15-9-14(19)3-5-20-6-4-14/h8,10,19H,3-7,9H2,1-2H3,(H,15,18)(H,16,17). The number of thioether (sulfide) groups is 1. The third-order valence-electron chi connectivity index (χ3n) is 3.49. The Balaban J connectivity index is 1.86. The number of aromatic nitrogens is 2. The summed E-state index contributed by atoms with van der Waals surface area (Å²) in [7, 11) is 0. The Morgan fingerprint density at radius 3 is 2.90 bits per heavy atom. The van der Waals surface area contributed by atoms with E-state index in [9.17, 15) is 9.90 Å². The number of rotatable bonds is 5. The highest BCUT2D eigenvalue weighted by molar-refractivity contribution is 7.99. The lowest BCUT2D eigenvalue weighted by Gasteiger charge is -2.31. The molecule has 6 heteroatoms. The van der Waals surface area contributed by atoms with Gasteiger partial charge in [-0.2, -0.15) is 16.9 Å². The second-order valence-corrected chi connectivity index (χ2v) is 7.12. The molecule has 0 atom stereocenters. The minimum absolute atomic E-state index is 0.220. The van der Waals surface area contributed by atoms with E-state index in [0.29, 0.717) is 18.2 Å². The molecule has 0 aliphatic carbocycles. The molecule has 112 valence electrons. The molecule has 1 aliphatic rings. The average Bonchev–Trinajstić information content (AvgIpc) is 2.85. The number of aromatic amines is 1. The maximum absolute atomic E-state index is 12.0. The topological polar surface area (TPSA) is 78.0 Å². The van der Waals surface area contributed by atoms with Crippen molar-refractivity contribution in [1.82, 2.24) is 15.5 Å². The molecule has 0 aromatic carbocycles. The summed E-state index contributed by atoms with van der Waals surface area (Å²) in [5.74, 6) is 2.20. The van der Waals surface area contributed by atoms with Gasteiger partial charge in [-0.05, 0) is 42.8 Å². The quantitative estimate of drug-likeness (QED) is 0.771. The predicted molar refractivity (Wildman–Crippen MR) is 81.0 cm³/mol. The van der Waals surface area contributed by atoms with E-state index in [2.05, 4.69) is 29.4 Å². The highest BCUT2D eigenvalue weighted by Gasteiger charge is 2.30. The van der Waals surface area contributed by atoms with Crippen molar-refractivity contribution in [2.75, 3.05) is 18.1 Å². The van der Waals surface area contributed by atoms with Gasteiger partial charge in [-0.1, -0.05) is 13.8 Å². The van der Waals surface area contributed by atoms with E-state index in [1.165, 1.54) is 0 Å². The Hall–Kier alpha value is -1.01. The molecule has 1 aromatic rings. The van der Waals surface area contributed by atoms with Gasteiger partial charge in [0.1, 0.15) is 5.69 Å². The molecular formula is C14H23N3O2S. The van der Waals surface area contributed by atoms with E-state index >= 15 is 0 Å². The van der Waals surface area contributed by atoms with Crippen LogP contribution in [0.15, 0.2) is 6.07 Å². The number of carbonyl (C=O) groups excluding carboxylic acids is 1. The summed E-state index contributed by atoms with van der Waals surface area (Å²) in [6.07, 6.45) is 2.34. The summed E-state index contributed by atoms with van der Waals surface area (Å²) < 4.78 is 0. The fourth-order valence-corrected chi connectivity index (χ4v) is 3.54. The third kappa shape index (κ3) is 4.24. The van der Waals surface area contributed by atoms with Crippen LogP contribution in [0.1, 0.15) is 42.9 Å². The minimum atomic E-state index is -0.752. The SMILES string of the molecule is CC(C)Cc1cc(C(=O)NCC2(O)CCSCC2)n[nH]1. The monoisotopic (exact) mass is 297 g/mol. The fourth-order valence-electron chi connectivity index (χ4n) is 2.29. The molecule has 1 aliphatic heterocycles. The molecule has 1 aromatic heterocycles. The van der Waals surface area contributed by atoms with E-state index in [4.69, 9.17) is 0 Å². The summed E-state index contributed by atoms with van der Waals surface area (Å²) in [6, 6.07) is 1.79. The van der Waals surface area contributed by atoms with E-state index in [1.807, 2.05) is 11.8 Å². The van der Waals surface area contributed by atoms with Crippen molar-refractivity contribution in [2.24, 2.45) is 5.92 Å². The van der Waals surface area contributed by atoms with Gasteiger partial charge in [0, 0.05) is 12.2 Å². The van der Waals surface area contributed by atoms with Crippen LogP contribution < -0.4 is 5.32 Å². The second kappa shape index (κ2) is 6.63. The lowest BCUT2D eigenvalue weighted by Crippen LogP contribution is -2.45.